The van der Waals surface area contributed by atoms with E-state index in [4.69, 9.17) is 15.2 Å². The Morgan fingerprint density at radius 3 is 2.48 bits per heavy atom. The normalized spacial score (nSPS) is 14.8. The standard InChI is InChI=1S/C18H23N7O2/c1-25-16-14(9-21-25)15(23-17(24-16)20-10-18(19)4-5-18)22-11-6-12(26-2)8-13(7-11)27-3/h6-9H,4-5,10,19H2,1-3H3,(H2,20,22,23,24). The number of ether oxygens (including phenoxy) is 2. The summed E-state index contributed by atoms with van der Waals surface area (Å²) in [7, 11) is 5.08. The van der Waals surface area contributed by atoms with E-state index in [1.165, 1.54) is 0 Å². The van der Waals surface area contributed by atoms with Gasteiger partial charge < -0.3 is 25.8 Å². The molecule has 3 aromatic rings. The number of nitrogens with two attached hydrogens (primary N) is 1. The predicted octanol–water partition coefficient (Wildman–Crippen LogP) is 2.03. The molecule has 27 heavy (non-hydrogen) atoms. The first-order chi connectivity index (χ1) is 13.0. The van der Waals surface area contributed by atoms with Gasteiger partial charge in [0.25, 0.3) is 0 Å². The second kappa shape index (κ2) is 6.58. The molecule has 0 amide bonds. The first kappa shape index (κ1) is 17.3. The van der Waals surface area contributed by atoms with Gasteiger partial charge in [-0.2, -0.15) is 15.1 Å². The van der Waals surface area contributed by atoms with Crippen molar-refractivity contribution in [3.05, 3.63) is 24.4 Å². The molecule has 2 heterocycles. The number of methoxy groups -OCH3 is 2. The number of hydrogen-bond acceptors (Lipinski definition) is 8. The minimum atomic E-state index is -0.140. The molecule has 1 aromatic carbocycles. The van der Waals surface area contributed by atoms with Gasteiger partial charge in [0.2, 0.25) is 5.95 Å². The number of hydrogen-bond donors (Lipinski definition) is 3. The number of benzene rings is 1. The summed E-state index contributed by atoms with van der Waals surface area (Å²) >= 11 is 0. The summed E-state index contributed by atoms with van der Waals surface area (Å²) in [4.78, 5) is 9.20. The average Bonchev–Trinajstić information content (AvgIpc) is 3.30. The van der Waals surface area contributed by atoms with Crippen molar-refractivity contribution < 1.29 is 9.47 Å². The van der Waals surface area contributed by atoms with Crippen LogP contribution in [0.1, 0.15) is 12.8 Å². The lowest BCUT2D eigenvalue weighted by atomic mass is 10.2. The Balaban J connectivity index is 1.69. The number of nitrogens with zero attached hydrogens (tertiary/aromatic N) is 4. The maximum atomic E-state index is 6.16. The molecule has 0 atom stereocenters. The van der Waals surface area contributed by atoms with E-state index >= 15 is 0 Å². The van der Waals surface area contributed by atoms with Crippen LogP contribution in [0.15, 0.2) is 24.4 Å². The maximum Gasteiger partial charge on any atom is 0.226 e. The van der Waals surface area contributed by atoms with Gasteiger partial charge in [0.1, 0.15) is 17.3 Å². The summed E-state index contributed by atoms with van der Waals surface area (Å²) in [6.07, 6.45) is 3.77. The molecule has 0 aliphatic heterocycles. The molecule has 0 saturated heterocycles. The highest BCUT2D eigenvalue weighted by Crippen LogP contribution is 2.33. The molecule has 4 N–H and O–H groups in total. The molecule has 0 bridgehead atoms. The van der Waals surface area contributed by atoms with Gasteiger partial charge in [-0.3, -0.25) is 4.68 Å². The van der Waals surface area contributed by atoms with Gasteiger partial charge in [-0.25, -0.2) is 0 Å². The highest BCUT2D eigenvalue weighted by molar-refractivity contribution is 5.89. The van der Waals surface area contributed by atoms with Crippen LogP contribution in [0, 0.1) is 0 Å². The third kappa shape index (κ3) is 3.59. The Kier molecular flexibility index (Phi) is 4.23. The number of aryl methyl sites for hydroxylation is 1. The molecule has 2 aromatic heterocycles. The van der Waals surface area contributed by atoms with Crippen molar-refractivity contribution in [3.8, 4) is 11.5 Å². The van der Waals surface area contributed by atoms with E-state index in [9.17, 15) is 0 Å². The topological polar surface area (TPSA) is 112 Å². The predicted molar refractivity (Wildman–Crippen MR) is 104 cm³/mol. The molecule has 9 nitrogen and oxygen atoms in total. The lowest BCUT2D eigenvalue weighted by molar-refractivity contribution is 0.395. The number of rotatable bonds is 7. The van der Waals surface area contributed by atoms with Crippen molar-refractivity contribution in [3.63, 3.8) is 0 Å². The molecule has 1 aliphatic carbocycles. The molecule has 1 fully saturated rings. The largest absolute Gasteiger partial charge is 0.497 e. The molecule has 0 spiro atoms. The van der Waals surface area contributed by atoms with Gasteiger partial charge in [-0.15, -0.1) is 0 Å². The first-order valence-electron chi connectivity index (χ1n) is 8.72. The number of nitrogens with one attached hydrogen (secondary N) is 2. The van der Waals surface area contributed by atoms with Crippen molar-refractivity contribution >= 4 is 28.5 Å². The molecule has 1 aliphatic rings. The Morgan fingerprint density at radius 1 is 1.15 bits per heavy atom. The van der Waals surface area contributed by atoms with Crippen molar-refractivity contribution in [1.29, 1.82) is 0 Å². The van der Waals surface area contributed by atoms with Crippen LogP contribution in [0.2, 0.25) is 0 Å². The van der Waals surface area contributed by atoms with Crippen LogP contribution in [0.25, 0.3) is 11.0 Å². The van der Waals surface area contributed by atoms with Gasteiger partial charge in [0.15, 0.2) is 5.65 Å². The van der Waals surface area contributed by atoms with Crippen molar-refractivity contribution in [2.24, 2.45) is 12.8 Å². The molecule has 4 rings (SSSR count). The Labute approximate surface area is 156 Å². The van der Waals surface area contributed by atoms with Crippen LogP contribution in [0.4, 0.5) is 17.5 Å². The number of fused-ring (bicyclic) bond motifs is 1. The zero-order valence-electron chi connectivity index (χ0n) is 15.6. The van der Waals surface area contributed by atoms with Crippen LogP contribution >= 0.6 is 0 Å². The van der Waals surface area contributed by atoms with E-state index in [0.717, 1.165) is 29.6 Å². The Bertz CT molecular complexity index is 959. The smallest absolute Gasteiger partial charge is 0.226 e. The molecular weight excluding hydrogens is 346 g/mol. The maximum absolute atomic E-state index is 6.16. The Hall–Kier alpha value is -3.07. The highest BCUT2D eigenvalue weighted by atomic mass is 16.5. The van der Waals surface area contributed by atoms with Crippen molar-refractivity contribution in [1.82, 2.24) is 19.7 Å². The van der Waals surface area contributed by atoms with E-state index in [0.29, 0.717) is 29.8 Å². The third-order valence-electron chi connectivity index (χ3n) is 4.70. The Morgan fingerprint density at radius 2 is 1.85 bits per heavy atom. The van der Waals surface area contributed by atoms with Crippen LogP contribution in [0.3, 0.4) is 0 Å². The van der Waals surface area contributed by atoms with Crippen molar-refractivity contribution in [2.45, 2.75) is 18.4 Å². The summed E-state index contributed by atoms with van der Waals surface area (Å²) in [6, 6.07) is 5.56. The van der Waals surface area contributed by atoms with Gasteiger partial charge in [0, 0.05) is 43.0 Å². The van der Waals surface area contributed by atoms with E-state index in [1.54, 1.807) is 25.1 Å². The van der Waals surface area contributed by atoms with E-state index < -0.39 is 0 Å². The molecule has 0 unspecified atom stereocenters. The van der Waals surface area contributed by atoms with Gasteiger partial charge in [-0.1, -0.05) is 0 Å². The van der Waals surface area contributed by atoms with Crippen LogP contribution in [-0.4, -0.2) is 46.1 Å². The third-order valence-corrected chi connectivity index (χ3v) is 4.70. The fourth-order valence-corrected chi connectivity index (χ4v) is 2.81. The summed E-state index contributed by atoms with van der Waals surface area (Å²) in [5.74, 6) is 2.53. The van der Waals surface area contributed by atoms with Gasteiger partial charge in [-0.05, 0) is 12.8 Å². The van der Waals surface area contributed by atoms with Crippen LogP contribution in [-0.2, 0) is 7.05 Å². The van der Waals surface area contributed by atoms with E-state index in [1.807, 2.05) is 25.2 Å². The molecule has 142 valence electrons. The van der Waals surface area contributed by atoms with Crippen molar-refractivity contribution in [2.75, 3.05) is 31.4 Å². The molecule has 9 heteroatoms. The van der Waals surface area contributed by atoms with E-state index in [-0.39, 0.29) is 5.54 Å². The molecular formula is C18H23N7O2. The summed E-state index contributed by atoms with van der Waals surface area (Å²) in [6.45, 7) is 0.642. The minimum Gasteiger partial charge on any atom is -0.497 e. The lowest BCUT2D eigenvalue weighted by Crippen LogP contribution is -2.31. The minimum absolute atomic E-state index is 0.140. The summed E-state index contributed by atoms with van der Waals surface area (Å²) in [5.41, 5.74) is 7.54. The van der Waals surface area contributed by atoms with Crippen LogP contribution < -0.4 is 25.8 Å². The summed E-state index contributed by atoms with van der Waals surface area (Å²) < 4.78 is 12.4. The second-order valence-electron chi connectivity index (χ2n) is 6.84. The molecule has 1 saturated carbocycles. The van der Waals surface area contributed by atoms with E-state index in [2.05, 4.69) is 25.7 Å². The first-order valence-corrected chi connectivity index (χ1v) is 8.72. The average molecular weight is 369 g/mol. The fourth-order valence-electron chi connectivity index (χ4n) is 2.81. The zero-order chi connectivity index (χ0) is 19.0. The highest BCUT2D eigenvalue weighted by Gasteiger charge is 2.38. The number of anilines is 3. The monoisotopic (exact) mass is 369 g/mol. The number of aromatic nitrogens is 4. The summed E-state index contributed by atoms with van der Waals surface area (Å²) in [5, 5.41) is 11.7. The lowest BCUT2D eigenvalue weighted by Gasteiger charge is -2.14. The van der Waals surface area contributed by atoms with Gasteiger partial charge >= 0.3 is 0 Å². The molecule has 0 radical (unpaired) electrons. The van der Waals surface area contributed by atoms with Crippen LogP contribution in [0.5, 0.6) is 11.5 Å². The van der Waals surface area contributed by atoms with Gasteiger partial charge in [0.05, 0.1) is 25.8 Å². The zero-order valence-corrected chi connectivity index (χ0v) is 15.6. The fraction of sp³-hybridized carbons (Fsp3) is 0.389. The second-order valence-corrected chi connectivity index (χ2v) is 6.84. The SMILES string of the molecule is COc1cc(Nc2nc(NCC3(N)CC3)nc3c2cnn3C)cc(OC)c1. The quantitative estimate of drug-likeness (QED) is 0.580.